The molecule has 1 aromatic rings. The molecule has 0 amide bonds. The van der Waals surface area contributed by atoms with Crippen LogP contribution in [0.2, 0.25) is 0 Å². The van der Waals surface area contributed by atoms with Gasteiger partial charge < -0.3 is 20.1 Å². The predicted octanol–water partition coefficient (Wildman–Crippen LogP) is 2.98. The van der Waals surface area contributed by atoms with Crippen LogP contribution in [-0.4, -0.2) is 30.0 Å². The van der Waals surface area contributed by atoms with Gasteiger partial charge in [-0.25, -0.2) is 0 Å². The van der Waals surface area contributed by atoms with E-state index in [0.717, 1.165) is 22.2 Å². The topological polar surface area (TPSA) is 64.7 Å². The number of nitrogens with two attached hydrogens (primary N) is 1. The van der Waals surface area contributed by atoms with Crippen molar-refractivity contribution >= 4 is 13.2 Å². The van der Waals surface area contributed by atoms with E-state index in [1.165, 1.54) is 0 Å². The van der Waals surface area contributed by atoms with Gasteiger partial charge in [-0.2, -0.15) is 0 Å². The highest BCUT2D eigenvalue weighted by Gasteiger charge is 2.52. The van der Waals surface area contributed by atoms with Gasteiger partial charge in [0, 0.05) is 6.54 Å². The second-order valence-electron chi connectivity index (χ2n) is 7.00. The summed E-state index contributed by atoms with van der Waals surface area (Å²) in [6, 6.07) is 3.49. The van der Waals surface area contributed by atoms with Crippen LogP contribution < -0.4 is 5.73 Å². The maximum Gasteiger partial charge on any atom is 0.491 e. The van der Waals surface area contributed by atoms with Gasteiger partial charge in [-0.1, -0.05) is 6.08 Å². The number of rotatable bonds is 3. The van der Waals surface area contributed by atoms with E-state index in [2.05, 4.69) is 0 Å². The minimum Gasteiger partial charge on any atom is -0.508 e. The third-order valence-corrected chi connectivity index (χ3v) is 4.70. The van der Waals surface area contributed by atoms with Gasteiger partial charge in [-0.3, -0.25) is 0 Å². The van der Waals surface area contributed by atoms with Crippen molar-refractivity contribution in [1.29, 1.82) is 0 Å². The molecular weight excluding hydrogens is 277 g/mol. The van der Waals surface area contributed by atoms with Gasteiger partial charge in [0.1, 0.15) is 5.75 Å². The molecule has 1 aliphatic heterocycles. The summed E-state index contributed by atoms with van der Waals surface area (Å²) < 4.78 is 12.1. The van der Waals surface area contributed by atoms with Crippen LogP contribution in [0.15, 0.2) is 17.6 Å². The summed E-state index contributed by atoms with van der Waals surface area (Å²) in [6.07, 6.45) is 2.02. The largest absolute Gasteiger partial charge is 0.508 e. The second kappa shape index (κ2) is 5.72. The Kier molecular flexibility index (Phi) is 4.44. The van der Waals surface area contributed by atoms with Gasteiger partial charge in [0.15, 0.2) is 0 Å². The summed E-state index contributed by atoms with van der Waals surface area (Å²) >= 11 is 0. The molecule has 1 heterocycles. The van der Waals surface area contributed by atoms with Gasteiger partial charge in [0.05, 0.1) is 11.2 Å². The molecule has 120 valence electrons. The number of phenolic OH excluding ortho intramolecular Hbond substituents is 1. The zero-order chi connectivity index (χ0) is 16.7. The van der Waals surface area contributed by atoms with E-state index in [1.54, 1.807) is 12.1 Å². The van der Waals surface area contributed by atoms with Crippen molar-refractivity contribution in [3.8, 4) is 5.75 Å². The number of phenols is 1. The minimum absolute atomic E-state index is 0.275. The first-order valence-electron chi connectivity index (χ1n) is 7.64. The SMILES string of the molecule is Cc1cc(O)cc(C)c1C=C(CN)B1OC(C)(C)C(C)(C)O1. The average molecular weight is 303 g/mol. The second-order valence-corrected chi connectivity index (χ2v) is 7.00. The maximum absolute atomic E-state index is 9.66. The van der Waals surface area contributed by atoms with Gasteiger partial charge in [0.2, 0.25) is 0 Å². The minimum atomic E-state index is -0.442. The van der Waals surface area contributed by atoms with Gasteiger partial charge in [-0.05, 0) is 75.8 Å². The average Bonchev–Trinajstić information content (AvgIpc) is 2.57. The molecule has 0 spiro atoms. The third-order valence-electron chi connectivity index (χ3n) is 4.70. The molecule has 1 aliphatic rings. The molecule has 0 radical (unpaired) electrons. The highest BCUT2D eigenvalue weighted by atomic mass is 16.7. The molecular formula is C17H26BNO3. The Balaban J connectivity index is 2.38. The van der Waals surface area contributed by atoms with E-state index in [4.69, 9.17) is 15.0 Å². The molecule has 0 bridgehead atoms. The van der Waals surface area contributed by atoms with Gasteiger partial charge in [-0.15, -0.1) is 0 Å². The molecule has 0 aliphatic carbocycles. The number of hydrogen-bond donors (Lipinski definition) is 2. The smallest absolute Gasteiger partial charge is 0.491 e. The Bertz CT molecular complexity index is 569. The molecule has 1 saturated heterocycles. The summed E-state index contributed by atoms with van der Waals surface area (Å²) in [5, 5.41) is 9.66. The fraction of sp³-hybridized carbons (Fsp3) is 0.529. The number of aryl methyl sites for hydroxylation is 2. The highest BCUT2D eigenvalue weighted by Crippen LogP contribution is 2.39. The molecule has 1 fully saturated rings. The van der Waals surface area contributed by atoms with Gasteiger partial charge >= 0.3 is 7.12 Å². The van der Waals surface area contributed by atoms with Crippen LogP contribution in [0, 0.1) is 13.8 Å². The normalized spacial score (nSPS) is 20.5. The summed E-state index contributed by atoms with van der Waals surface area (Å²) in [5.74, 6) is 0.275. The molecule has 0 unspecified atom stereocenters. The van der Waals surface area contributed by atoms with Crippen molar-refractivity contribution in [3.05, 3.63) is 34.3 Å². The van der Waals surface area contributed by atoms with Crippen molar-refractivity contribution in [2.24, 2.45) is 5.73 Å². The molecule has 0 aromatic heterocycles. The van der Waals surface area contributed by atoms with Crippen molar-refractivity contribution < 1.29 is 14.4 Å². The number of hydrogen-bond acceptors (Lipinski definition) is 4. The van der Waals surface area contributed by atoms with E-state index >= 15 is 0 Å². The van der Waals surface area contributed by atoms with Crippen molar-refractivity contribution in [2.75, 3.05) is 6.54 Å². The van der Waals surface area contributed by atoms with E-state index in [9.17, 15) is 5.11 Å². The quantitative estimate of drug-likeness (QED) is 0.843. The zero-order valence-corrected chi connectivity index (χ0v) is 14.4. The van der Waals surface area contributed by atoms with Crippen molar-refractivity contribution in [3.63, 3.8) is 0 Å². The van der Waals surface area contributed by atoms with Crippen LogP contribution in [0.25, 0.3) is 6.08 Å². The molecule has 0 atom stereocenters. The lowest BCUT2D eigenvalue weighted by Crippen LogP contribution is -2.41. The molecule has 3 N–H and O–H groups in total. The van der Waals surface area contributed by atoms with E-state index in [0.29, 0.717) is 6.54 Å². The summed E-state index contributed by atoms with van der Waals surface area (Å²) in [6.45, 7) is 12.4. The Morgan fingerprint density at radius 3 is 2.00 bits per heavy atom. The van der Waals surface area contributed by atoms with Crippen LogP contribution in [0.5, 0.6) is 5.75 Å². The van der Waals surface area contributed by atoms with Crippen LogP contribution >= 0.6 is 0 Å². The molecule has 2 rings (SSSR count). The Morgan fingerprint density at radius 1 is 1.14 bits per heavy atom. The highest BCUT2D eigenvalue weighted by molar-refractivity contribution is 6.55. The Morgan fingerprint density at radius 2 is 1.59 bits per heavy atom. The standard InChI is InChI=1S/C17H26BNO3/c1-11-7-14(20)8-12(2)15(11)9-13(10-19)18-21-16(3,4)17(5,6)22-18/h7-9,20H,10,19H2,1-6H3. The fourth-order valence-corrected chi connectivity index (χ4v) is 2.58. The summed E-state index contributed by atoms with van der Waals surface area (Å²) in [4.78, 5) is 0. The molecule has 4 nitrogen and oxygen atoms in total. The first kappa shape index (κ1) is 17.1. The van der Waals surface area contributed by atoms with Crippen LogP contribution in [0.3, 0.4) is 0 Å². The van der Waals surface area contributed by atoms with Crippen molar-refractivity contribution in [1.82, 2.24) is 0 Å². The lowest BCUT2D eigenvalue weighted by molar-refractivity contribution is 0.00578. The van der Waals surface area contributed by atoms with E-state index in [-0.39, 0.29) is 17.0 Å². The first-order chi connectivity index (χ1) is 10.1. The Labute approximate surface area is 133 Å². The van der Waals surface area contributed by atoms with Crippen LogP contribution in [0.4, 0.5) is 0 Å². The zero-order valence-electron chi connectivity index (χ0n) is 14.4. The number of benzene rings is 1. The van der Waals surface area contributed by atoms with E-state index < -0.39 is 7.12 Å². The van der Waals surface area contributed by atoms with Gasteiger partial charge in [0.25, 0.3) is 0 Å². The summed E-state index contributed by atoms with van der Waals surface area (Å²) in [7, 11) is -0.442. The summed E-state index contributed by atoms with van der Waals surface area (Å²) in [5.41, 5.74) is 9.11. The third kappa shape index (κ3) is 3.07. The van der Waals surface area contributed by atoms with Crippen LogP contribution in [-0.2, 0) is 9.31 Å². The predicted molar refractivity (Wildman–Crippen MR) is 90.7 cm³/mol. The Hall–Kier alpha value is -1.30. The maximum atomic E-state index is 9.66. The monoisotopic (exact) mass is 303 g/mol. The van der Waals surface area contributed by atoms with Crippen molar-refractivity contribution in [2.45, 2.75) is 52.7 Å². The first-order valence-corrected chi connectivity index (χ1v) is 7.64. The lowest BCUT2D eigenvalue weighted by atomic mass is 9.76. The number of aromatic hydroxyl groups is 1. The van der Waals surface area contributed by atoms with E-state index in [1.807, 2.05) is 47.6 Å². The van der Waals surface area contributed by atoms with Crippen LogP contribution in [0.1, 0.15) is 44.4 Å². The molecule has 0 saturated carbocycles. The molecule has 1 aromatic carbocycles. The lowest BCUT2D eigenvalue weighted by Gasteiger charge is -2.32. The molecule has 5 heteroatoms. The molecule has 22 heavy (non-hydrogen) atoms. The fourth-order valence-electron chi connectivity index (χ4n) is 2.58.